The van der Waals surface area contributed by atoms with E-state index in [0.717, 1.165) is 12.3 Å². The Labute approximate surface area is 90.6 Å². The number of anilines is 1. The molecule has 2 N–H and O–H groups in total. The van der Waals surface area contributed by atoms with Gasteiger partial charge in [-0.25, -0.2) is 4.39 Å². The molecule has 6 heteroatoms. The van der Waals surface area contributed by atoms with Crippen LogP contribution in [0.25, 0.3) is 0 Å². The van der Waals surface area contributed by atoms with Gasteiger partial charge in [0.15, 0.2) is 5.76 Å². The maximum Gasteiger partial charge on any atom is 0.272 e. The third kappa shape index (κ3) is 1.81. The van der Waals surface area contributed by atoms with E-state index in [1.807, 2.05) is 0 Å². The molecule has 0 saturated heterocycles. The number of amides is 1. The number of nitrogens with zero attached hydrogens (tertiary/aromatic N) is 1. The van der Waals surface area contributed by atoms with Crippen LogP contribution in [0.15, 0.2) is 16.8 Å². The number of aryl methyl sites for hydroxylation is 2. The van der Waals surface area contributed by atoms with Gasteiger partial charge in [0, 0.05) is 12.3 Å². The van der Waals surface area contributed by atoms with E-state index in [1.54, 1.807) is 13.8 Å². The monoisotopic (exact) mass is 223 g/mol. The molecule has 2 aromatic heterocycles. The second-order valence-corrected chi connectivity index (χ2v) is 3.38. The lowest BCUT2D eigenvalue weighted by Crippen LogP contribution is -2.13. The lowest BCUT2D eigenvalue weighted by atomic mass is 10.3. The van der Waals surface area contributed by atoms with Crippen molar-refractivity contribution in [3.8, 4) is 0 Å². The summed E-state index contributed by atoms with van der Waals surface area (Å²) in [6.07, 6.45) is 1.11. The number of aromatic nitrogens is 2. The highest BCUT2D eigenvalue weighted by Gasteiger charge is 2.14. The third-order valence-corrected chi connectivity index (χ3v) is 2.16. The highest BCUT2D eigenvalue weighted by molar-refractivity contribution is 6.03. The van der Waals surface area contributed by atoms with Gasteiger partial charge in [-0.15, -0.1) is 0 Å². The van der Waals surface area contributed by atoms with Crippen LogP contribution in [0.1, 0.15) is 21.9 Å². The maximum absolute atomic E-state index is 12.7. The summed E-state index contributed by atoms with van der Waals surface area (Å²) in [5.41, 5.74) is 1.25. The molecular weight excluding hydrogens is 213 g/mol. The minimum atomic E-state index is -0.482. The number of rotatable bonds is 2. The van der Waals surface area contributed by atoms with Crippen molar-refractivity contribution in [3.05, 3.63) is 35.2 Å². The second-order valence-electron chi connectivity index (χ2n) is 3.38. The first kappa shape index (κ1) is 10.4. The Morgan fingerprint density at radius 3 is 2.81 bits per heavy atom. The number of carbonyl (C=O) groups excluding carboxylic acids is 1. The molecule has 0 aliphatic carbocycles. The maximum atomic E-state index is 12.7. The van der Waals surface area contributed by atoms with E-state index in [0.29, 0.717) is 17.1 Å². The van der Waals surface area contributed by atoms with Crippen LogP contribution in [0.5, 0.6) is 0 Å². The van der Waals surface area contributed by atoms with Gasteiger partial charge in [0.25, 0.3) is 5.91 Å². The van der Waals surface area contributed by atoms with Gasteiger partial charge < -0.3 is 14.8 Å². The van der Waals surface area contributed by atoms with Crippen molar-refractivity contribution in [2.75, 3.05) is 5.32 Å². The Bertz CT molecular complexity index is 510. The normalized spacial score (nSPS) is 10.4. The molecule has 0 atom stereocenters. The molecule has 0 unspecified atom stereocenters. The predicted octanol–water partition coefficient (Wildman–Crippen LogP) is 2.01. The standard InChI is InChI=1S/C10H10FN3O2/c1-5-9(6(2)16-14-5)13-10(15)8-3-7(11)4-12-8/h3-4,12H,1-2H3,(H,13,15). The zero-order valence-corrected chi connectivity index (χ0v) is 8.80. The number of hydrogen-bond acceptors (Lipinski definition) is 3. The van der Waals surface area contributed by atoms with Crippen molar-refractivity contribution in [2.45, 2.75) is 13.8 Å². The Kier molecular flexibility index (Phi) is 2.47. The van der Waals surface area contributed by atoms with Gasteiger partial charge in [-0.2, -0.15) is 0 Å². The minimum absolute atomic E-state index is 0.150. The van der Waals surface area contributed by atoms with Gasteiger partial charge in [0.05, 0.1) is 0 Å². The van der Waals surface area contributed by atoms with Crippen molar-refractivity contribution in [3.63, 3.8) is 0 Å². The SMILES string of the molecule is Cc1noc(C)c1NC(=O)c1cc(F)c[nH]1. The smallest absolute Gasteiger partial charge is 0.272 e. The topological polar surface area (TPSA) is 70.9 Å². The molecule has 0 bridgehead atoms. The van der Waals surface area contributed by atoms with E-state index in [2.05, 4.69) is 15.5 Å². The molecule has 16 heavy (non-hydrogen) atoms. The van der Waals surface area contributed by atoms with Crippen molar-refractivity contribution in [1.29, 1.82) is 0 Å². The van der Waals surface area contributed by atoms with Gasteiger partial charge in [0.1, 0.15) is 22.9 Å². The van der Waals surface area contributed by atoms with Gasteiger partial charge in [-0.3, -0.25) is 4.79 Å². The van der Waals surface area contributed by atoms with Gasteiger partial charge >= 0.3 is 0 Å². The fourth-order valence-corrected chi connectivity index (χ4v) is 1.34. The predicted molar refractivity (Wildman–Crippen MR) is 54.7 cm³/mol. The summed E-state index contributed by atoms with van der Waals surface area (Å²) < 4.78 is 17.6. The Morgan fingerprint density at radius 1 is 1.56 bits per heavy atom. The third-order valence-electron chi connectivity index (χ3n) is 2.16. The summed E-state index contributed by atoms with van der Waals surface area (Å²) in [7, 11) is 0. The fraction of sp³-hybridized carbons (Fsp3) is 0.200. The summed E-state index contributed by atoms with van der Waals surface area (Å²) in [5, 5.41) is 6.29. The Hall–Kier alpha value is -2.11. The molecule has 0 saturated carbocycles. The molecule has 84 valence electrons. The first-order valence-corrected chi connectivity index (χ1v) is 4.66. The first-order chi connectivity index (χ1) is 7.58. The molecular formula is C10H10FN3O2. The molecule has 0 spiro atoms. The second kappa shape index (κ2) is 3.80. The molecule has 1 amide bonds. The molecule has 2 rings (SSSR count). The lowest BCUT2D eigenvalue weighted by molar-refractivity contribution is 0.102. The van der Waals surface area contributed by atoms with Crippen LogP contribution in [0.4, 0.5) is 10.1 Å². The number of H-pyrrole nitrogens is 1. The van der Waals surface area contributed by atoms with Crippen LogP contribution in [0.2, 0.25) is 0 Å². The zero-order chi connectivity index (χ0) is 11.7. The summed E-state index contributed by atoms with van der Waals surface area (Å²) >= 11 is 0. The summed E-state index contributed by atoms with van der Waals surface area (Å²) in [6.45, 7) is 3.40. The Balaban J connectivity index is 2.20. The number of carbonyl (C=O) groups is 1. The minimum Gasteiger partial charge on any atom is -0.359 e. The molecule has 2 aromatic rings. The summed E-state index contributed by atoms with van der Waals surface area (Å²) in [5.74, 6) is -0.403. The van der Waals surface area contributed by atoms with E-state index in [4.69, 9.17) is 4.52 Å². The van der Waals surface area contributed by atoms with Crippen LogP contribution in [-0.4, -0.2) is 16.0 Å². The van der Waals surface area contributed by atoms with Crippen molar-refractivity contribution in [2.24, 2.45) is 0 Å². The van der Waals surface area contributed by atoms with Crippen LogP contribution >= 0.6 is 0 Å². The van der Waals surface area contributed by atoms with Crippen LogP contribution in [0, 0.1) is 19.7 Å². The van der Waals surface area contributed by atoms with Crippen LogP contribution in [0.3, 0.4) is 0 Å². The Morgan fingerprint density at radius 2 is 2.31 bits per heavy atom. The molecule has 5 nitrogen and oxygen atoms in total. The zero-order valence-electron chi connectivity index (χ0n) is 8.80. The molecule has 0 aromatic carbocycles. The lowest BCUT2D eigenvalue weighted by Gasteiger charge is -2.01. The quantitative estimate of drug-likeness (QED) is 0.818. The van der Waals surface area contributed by atoms with Gasteiger partial charge in [-0.1, -0.05) is 5.16 Å². The van der Waals surface area contributed by atoms with E-state index >= 15 is 0 Å². The van der Waals surface area contributed by atoms with Crippen molar-refractivity contribution < 1.29 is 13.7 Å². The molecule has 0 fully saturated rings. The van der Waals surface area contributed by atoms with E-state index in [9.17, 15) is 9.18 Å². The number of aromatic amines is 1. The molecule has 0 radical (unpaired) electrons. The average Bonchev–Trinajstić information content (AvgIpc) is 2.79. The van der Waals surface area contributed by atoms with Crippen molar-refractivity contribution >= 4 is 11.6 Å². The molecule has 0 aliphatic heterocycles. The number of halogens is 1. The van der Waals surface area contributed by atoms with Gasteiger partial charge in [0.2, 0.25) is 0 Å². The molecule has 2 heterocycles. The highest BCUT2D eigenvalue weighted by atomic mass is 19.1. The van der Waals surface area contributed by atoms with Crippen LogP contribution < -0.4 is 5.32 Å². The number of hydrogen-bond donors (Lipinski definition) is 2. The largest absolute Gasteiger partial charge is 0.359 e. The average molecular weight is 223 g/mol. The first-order valence-electron chi connectivity index (χ1n) is 4.66. The molecule has 0 aliphatic rings. The highest BCUT2D eigenvalue weighted by Crippen LogP contribution is 2.19. The van der Waals surface area contributed by atoms with E-state index < -0.39 is 11.7 Å². The van der Waals surface area contributed by atoms with Crippen LogP contribution in [-0.2, 0) is 0 Å². The van der Waals surface area contributed by atoms with E-state index in [1.165, 1.54) is 0 Å². The fourth-order valence-electron chi connectivity index (χ4n) is 1.34. The summed E-state index contributed by atoms with van der Waals surface area (Å²) in [6, 6.07) is 1.12. The van der Waals surface area contributed by atoms with Crippen molar-refractivity contribution in [1.82, 2.24) is 10.1 Å². The number of nitrogens with one attached hydrogen (secondary N) is 2. The van der Waals surface area contributed by atoms with Gasteiger partial charge in [-0.05, 0) is 13.8 Å². The summed E-state index contributed by atoms with van der Waals surface area (Å²) in [4.78, 5) is 14.2. The van der Waals surface area contributed by atoms with E-state index in [-0.39, 0.29) is 5.69 Å².